The van der Waals surface area contributed by atoms with Crippen LogP contribution in [0.3, 0.4) is 0 Å². The van der Waals surface area contributed by atoms with Crippen molar-refractivity contribution in [2.45, 2.75) is 24.0 Å². The van der Waals surface area contributed by atoms with Crippen molar-refractivity contribution >= 4 is 11.8 Å². The molecule has 0 aliphatic rings. The van der Waals surface area contributed by atoms with Gasteiger partial charge < -0.3 is 5.84 Å². The Hall–Kier alpha value is -1.70. The van der Waals surface area contributed by atoms with Gasteiger partial charge in [0.2, 0.25) is 5.16 Å². The van der Waals surface area contributed by atoms with Crippen molar-refractivity contribution in [1.29, 1.82) is 0 Å². The lowest BCUT2D eigenvalue weighted by Crippen LogP contribution is -2.21. The first-order valence-electron chi connectivity index (χ1n) is 5.34. The first-order valence-corrected chi connectivity index (χ1v) is 6.32. The summed E-state index contributed by atoms with van der Waals surface area (Å²) in [4.78, 5) is 0. The van der Waals surface area contributed by atoms with E-state index in [2.05, 4.69) is 10.2 Å². The van der Waals surface area contributed by atoms with Crippen LogP contribution >= 0.6 is 11.8 Å². The molecule has 0 amide bonds. The van der Waals surface area contributed by atoms with Crippen molar-refractivity contribution in [3.8, 4) is 0 Å². The topological polar surface area (TPSA) is 56.7 Å². The lowest BCUT2D eigenvalue weighted by Gasteiger charge is -2.06. The lowest BCUT2D eigenvalue weighted by atomic mass is 10.2. The first-order chi connectivity index (χ1) is 8.88. The molecule has 0 bridgehead atoms. The molecule has 2 rings (SSSR count). The SMILES string of the molecule is Cc1cccc(CSc2nnc(C(F)(F)F)n2N)c1. The average molecular weight is 288 g/mol. The molecule has 0 spiro atoms. The third kappa shape index (κ3) is 3.19. The molecule has 0 aliphatic heterocycles. The number of aryl methyl sites for hydroxylation is 1. The van der Waals surface area contributed by atoms with Crippen molar-refractivity contribution in [2.75, 3.05) is 5.84 Å². The molecule has 0 atom stereocenters. The maximum atomic E-state index is 12.5. The van der Waals surface area contributed by atoms with E-state index in [-0.39, 0.29) is 5.16 Å². The lowest BCUT2D eigenvalue weighted by molar-refractivity contribution is -0.146. The summed E-state index contributed by atoms with van der Waals surface area (Å²) in [6.07, 6.45) is -4.59. The zero-order chi connectivity index (χ0) is 14.0. The fourth-order valence-corrected chi connectivity index (χ4v) is 2.32. The molecule has 0 aliphatic carbocycles. The zero-order valence-electron chi connectivity index (χ0n) is 9.98. The summed E-state index contributed by atoms with van der Waals surface area (Å²) in [5, 5.41) is 6.55. The summed E-state index contributed by atoms with van der Waals surface area (Å²) in [7, 11) is 0. The summed E-state index contributed by atoms with van der Waals surface area (Å²) in [5.74, 6) is 4.62. The maximum Gasteiger partial charge on any atom is 0.453 e. The van der Waals surface area contributed by atoms with Gasteiger partial charge in [0.05, 0.1) is 0 Å². The van der Waals surface area contributed by atoms with E-state index in [1.54, 1.807) is 0 Å². The Kier molecular flexibility index (Phi) is 3.70. The molecule has 1 aromatic carbocycles. The van der Waals surface area contributed by atoms with E-state index >= 15 is 0 Å². The van der Waals surface area contributed by atoms with Crippen molar-refractivity contribution in [3.05, 3.63) is 41.2 Å². The van der Waals surface area contributed by atoms with Gasteiger partial charge in [-0.2, -0.15) is 13.2 Å². The number of nitrogens with zero attached hydrogens (tertiary/aromatic N) is 3. The van der Waals surface area contributed by atoms with E-state index in [4.69, 9.17) is 5.84 Å². The van der Waals surface area contributed by atoms with Gasteiger partial charge in [0.15, 0.2) is 0 Å². The second-order valence-corrected chi connectivity index (χ2v) is 4.89. The number of hydrogen-bond donors (Lipinski definition) is 1. The predicted octanol–water partition coefficient (Wildman–Crippen LogP) is 2.61. The normalized spacial score (nSPS) is 11.8. The molecule has 2 N–H and O–H groups in total. The van der Waals surface area contributed by atoms with Crippen molar-refractivity contribution in [2.24, 2.45) is 0 Å². The zero-order valence-corrected chi connectivity index (χ0v) is 10.8. The highest BCUT2D eigenvalue weighted by molar-refractivity contribution is 7.98. The van der Waals surface area contributed by atoms with Crippen LogP contribution in [0.15, 0.2) is 29.4 Å². The smallest absolute Gasteiger partial charge is 0.335 e. The minimum Gasteiger partial charge on any atom is -0.335 e. The van der Waals surface area contributed by atoms with Crippen molar-refractivity contribution in [3.63, 3.8) is 0 Å². The van der Waals surface area contributed by atoms with E-state index in [1.807, 2.05) is 31.2 Å². The molecule has 0 saturated carbocycles. The summed E-state index contributed by atoms with van der Waals surface area (Å²) >= 11 is 1.11. The average Bonchev–Trinajstić information content (AvgIpc) is 2.68. The molecule has 2 aromatic rings. The van der Waals surface area contributed by atoms with Crippen molar-refractivity contribution < 1.29 is 13.2 Å². The van der Waals surface area contributed by atoms with Gasteiger partial charge >= 0.3 is 6.18 Å². The van der Waals surface area contributed by atoms with Gasteiger partial charge in [-0.3, -0.25) is 0 Å². The molecule has 0 saturated heterocycles. The van der Waals surface area contributed by atoms with Crippen LogP contribution in [0.1, 0.15) is 17.0 Å². The standard InChI is InChI=1S/C11H11F3N4S/c1-7-3-2-4-8(5-7)6-19-10-17-16-9(18(10)15)11(12,13)14/h2-5H,6,15H2,1H3. The highest BCUT2D eigenvalue weighted by Crippen LogP contribution is 2.29. The third-order valence-electron chi connectivity index (χ3n) is 2.37. The molecule has 0 fully saturated rings. The number of nitrogen functional groups attached to an aromatic ring is 1. The summed E-state index contributed by atoms with van der Waals surface area (Å²) in [5.41, 5.74) is 2.07. The molecule has 0 radical (unpaired) electrons. The number of benzene rings is 1. The number of hydrogen-bond acceptors (Lipinski definition) is 4. The first kappa shape index (κ1) is 13.7. The monoisotopic (exact) mass is 288 g/mol. The van der Waals surface area contributed by atoms with Crippen LogP contribution in [0.5, 0.6) is 0 Å². The molecule has 102 valence electrons. The van der Waals surface area contributed by atoms with Gasteiger partial charge in [-0.1, -0.05) is 41.6 Å². The van der Waals surface area contributed by atoms with E-state index in [0.717, 1.165) is 22.9 Å². The van der Waals surface area contributed by atoms with Crippen LogP contribution in [0.25, 0.3) is 0 Å². The van der Waals surface area contributed by atoms with Crippen molar-refractivity contribution in [1.82, 2.24) is 14.9 Å². The van der Waals surface area contributed by atoms with Crippen LogP contribution in [0, 0.1) is 6.92 Å². The van der Waals surface area contributed by atoms with Crippen LogP contribution in [-0.4, -0.2) is 14.9 Å². The van der Waals surface area contributed by atoms with Crippen LogP contribution in [-0.2, 0) is 11.9 Å². The second-order valence-electron chi connectivity index (χ2n) is 3.95. The second kappa shape index (κ2) is 5.12. The number of halogens is 3. The molecular formula is C11H11F3N4S. The van der Waals surface area contributed by atoms with E-state index in [1.165, 1.54) is 0 Å². The highest BCUT2D eigenvalue weighted by atomic mass is 32.2. The Morgan fingerprint density at radius 1 is 1.32 bits per heavy atom. The Morgan fingerprint density at radius 3 is 2.63 bits per heavy atom. The highest BCUT2D eigenvalue weighted by Gasteiger charge is 2.38. The molecule has 4 nitrogen and oxygen atoms in total. The summed E-state index contributed by atoms with van der Waals surface area (Å²) < 4.78 is 37.9. The Morgan fingerprint density at radius 2 is 2.05 bits per heavy atom. The molecule has 8 heteroatoms. The summed E-state index contributed by atoms with van der Waals surface area (Å²) in [6.45, 7) is 1.95. The Bertz CT molecular complexity index is 580. The fourth-order valence-electron chi connectivity index (χ4n) is 1.52. The summed E-state index contributed by atoms with van der Waals surface area (Å²) in [6, 6.07) is 7.68. The van der Waals surface area contributed by atoms with Gasteiger partial charge in [-0.25, -0.2) is 4.68 Å². The van der Waals surface area contributed by atoms with Gasteiger partial charge in [0, 0.05) is 5.75 Å². The van der Waals surface area contributed by atoms with Gasteiger partial charge in [0.25, 0.3) is 5.82 Å². The predicted molar refractivity (Wildman–Crippen MR) is 65.9 cm³/mol. The quantitative estimate of drug-likeness (QED) is 0.696. The maximum absolute atomic E-state index is 12.5. The largest absolute Gasteiger partial charge is 0.453 e. The van der Waals surface area contributed by atoms with Gasteiger partial charge in [-0.05, 0) is 12.5 Å². The van der Waals surface area contributed by atoms with Gasteiger partial charge in [0.1, 0.15) is 0 Å². The Balaban J connectivity index is 2.11. The fraction of sp³-hybridized carbons (Fsp3) is 0.273. The minimum absolute atomic E-state index is 0.0360. The van der Waals surface area contributed by atoms with Crippen LogP contribution < -0.4 is 5.84 Å². The van der Waals surface area contributed by atoms with Crippen LogP contribution in [0.2, 0.25) is 0 Å². The molecular weight excluding hydrogens is 277 g/mol. The van der Waals surface area contributed by atoms with E-state index < -0.39 is 12.0 Å². The third-order valence-corrected chi connectivity index (χ3v) is 3.38. The number of aromatic nitrogens is 3. The van der Waals surface area contributed by atoms with E-state index in [9.17, 15) is 13.2 Å². The van der Waals surface area contributed by atoms with E-state index in [0.29, 0.717) is 10.4 Å². The van der Waals surface area contributed by atoms with Gasteiger partial charge in [-0.15, -0.1) is 10.2 Å². The molecule has 0 unspecified atom stereocenters. The molecule has 1 aromatic heterocycles. The Labute approximate surface area is 111 Å². The number of thioether (sulfide) groups is 1. The number of rotatable bonds is 3. The molecule has 1 heterocycles. The molecule has 19 heavy (non-hydrogen) atoms. The van der Waals surface area contributed by atoms with Crippen LogP contribution in [0.4, 0.5) is 13.2 Å². The number of alkyl halides is 3. The number of nitrogens with two attached hydrogens (primary N) is 1. The minimum atomic E-state index is -4.59.